The van der Waals surface area contributed by atoms with E-state index in [1.165, 1.54) is 5.69 Å². The number of anilines is 3. The molecule has 0 bridgehead atoms. The number of hydrogen-bond donors (Lipinski definition) is 1. The molecule has 6 heteroatoms. The predicted molar refractivity (Wildman–Crippen MR) is 107 cm³/mol. The van der Waals surface area contributed by atoms with Gasteiger partial charge in [0.1, 0.15) is 5.65 Å². The second-order valence-corrected chi connectivity index (χ2v) is 6.80. The molecule has 0 atom stereocenters. The molecule has 1 fully saturated rings. The standard InChI is InChI=1S/C20H25N6/c1-3-9-26-10-8-16-15-21-20(23-19(16)26)22-17-4-6-18(7-5-17)25-13-11-24(2)12-14-25/h4-8,10,15H,1,3,9,11-14H2,2H3,(H,21,22,23). The molecule has 0 amide bonds. The van der Waals surface area contributed by atoms with E-state index in [1.54, 1.807) is 0 Å². The molecular weight excluding hydrogens is 324 g/mol. The van der Waals surface area contributed by atoms with E-state index in [2.05, 4.69) is 67.9 Å². The lowest BCUT2D eigenvalue weighted by molar-refractivity contribution is 0.313. The maximum Gasteiger partial charge on any atom is 0.229 e. The van der Waals surface area contributed by atoms with E-state index in [0.717, 1.165) is 55.9 Å². The van der Waals surface area contributed by atoms with Crippen LogP contribution in [-0.4, -0.2) is 52.7 Å². The summed E-state index contributed by atoms with van der Waals surface area (Å²) in [5, 5.41) is 4.36. The Hall–Kier alpha value is -2.60. The monoisotopic (exact) mass is 349 g/mol. The SMILES string of the molecule is [CH2]CCn1ccc2cnc(Nc3ccc(N4CCN(C)CC4)cc3)nc21. The van der Waals surface area contributed by atoms with Crippen LogP contribution in [0.2, 0.25) is 0 Å². The number of nitrogens with zero attached hydrogens (tertiary/aromatic N) is 5. The highest BCUT2D eigenvalue weighted by Crippen LogP contribution is 2.22. The van der Waals surface area contributed by atoms with Crippen molar-refractivity contribution in [3.8, 4) is 0 Å². The van der Waals surface area contributed by atoms with Gasteiger partial charge in [-0.15, -0.1) is 0 Å². The van der Waals surface area contributed by atoms with Crippen LogP contribution in [0, 0.1) is 6.92 Å². The molecule has 1 aliphatic rings. The smallest absolute Gasteiger partial charge is 0.229 e. The van der Waals surface area contributed by atoms with Gasteiger partial charge in [0, 0.05) is 61.9 Å². The highest BCUT2D eigenvalue weighted by molar-refractivity contribution is 5.76. The number of likely N-dealkylation sites (N-methyl/N-ethyl adjacent to an activating group) is 1. The molecule has 2 aromatic heterocycles. The van der Waals surface area contributed by atoms with Gasteiger partial charge in [-0.25, -0.2) is 4.98 Å². The highest BCUT2D eigenvalue weighted by atomic mass is 15.2. The maximum absolute atomic E-state index is 4.67. The van der Waals surface area contributed by atoms with Gasteiger partial charge in [0.15, 0.2) is 0 Å². The van der Waals surface area contributed by atoms with Gasteiger partial charge in [-0.2, -0.15) is 4.98 Å². The summed E-state index contributed by atoms with van der Waals surface area (Å²) in [7, 11) is 2.18. The molecule has 0 spiro atoms. The van der Waals surface area contributed by atoms with Crippen LogP contribution in [0.5, 0.6) is 0 Å². The molecule has 3 heterocycles. The van der Waals surface area contributed by atoms with Crippen molar-refractivity contribution in [2.45, 2.75) is 13.0 Å². The second-order valence-electron chi connectivity index (χ2n) is 6.80. The molecule has 4 rings (SSSR count). The summed E-state index contributed by atoms with van der Waals surface area (Å²) in [6.45, 7) is 9.16. The fraction of sp³-hybridized carbons (Fsp3) is 0.350. The van der Waals surface area contributed by atoms with Gasteiger partial charge < -0.3 is 19.7 Å². The lowest BCUT2D eigenvalue weighted by atomic mass is 10.2. The van der Waals surface area contributed by atoms with E-state index >= 15 is 0 Å². The number of aromatic nitrogens is 3. The minimum absolute atomic E-state index is 0.619. The average molecular weight is 349 g/mol. The van der Waals surface area contributed by atoms with Crippen molar-refractivity contribution in [2.75, 3.05) is 43.4 Å². The van der Waals surface area contributed by atoms with E-state index < -0.39 is 0 Å². The van der Waals surface area contributed by atoms with Crippen LogP contribution in [0.15, 0.2) is 42.7 Å². The Balaban J connectivity index is 1.48. The van der Waals surface area contributed by atoms with E-state index in [-0.39, 0.29) is 0 Å². The van der Waals surface area contributed by atoms with E-state index in [1.807, 2.05) is 18.5 Å². The van der Waals surface area contributed by atoms with Crippen molar-refractivity contribution < 1.29 is 0 Å². The van der Waals surface area contributed by atoms with Gasteiger partial charge in [0.25, 0.3) is 0 Å². The van der Waals surface area contributed by atoms with E-state index in [4.69, 9.17) is 0 Å². The lowest BCUT2D eigenvalue weighted by Crippen LogP contribution is -2.44. The van der Waals surface area contributed by atoms with E-state index in [9.17, 15) is 0 Å². The number of nitrogens with one attached hydrogen (secondary N) is 1. The third-order valence-electron chi connectivity index (χ3n) is 4.89. The molecule has 1 radical (unpaired) electrons. The summed E-state index contributed by atoms with van der Waals surface area (Å²) < 4.78 is 2.12. The fourth-order valence-corrected chi connectivity index (χ4v) is 3.33. The van der Waals surface area contributed by atoms with Crippen LogP contribution in [0.4, 0.5) is 17.3 Å². The normalized spacial score (nSPS) is 15.5. The number of rotatable bonds is 5. The molecule has 1 aromatic carbocycles. The van der Waals surface area contributed by atoms with Gasteiger partial charge in [0.2, 0.25) is 5.95 Å². The molecule has 135 valence electrons. The zero-order valence-corrected chi connectivity index (χ0v) is 15.2. The zero-order valence-electron chi connectivity index (χ0n) is 15.2. The lowest BCUT2D eigenvalue weighted by Gasteiger charge is -2.34. The van der Waals surface area contributed by atoms with Crippen LogP contribution in [0.25, 0.3) is 11.0 Å². The maximum atomic E-state index is 4.67. The molecule has 26 heavy (non-hydrogen) atoms. The Labute approximate surface area is 154 Å². The third kappa shape index (κ3) is 3.51. The molecule has 6 nitrogen and oxygen atoms in total. The molecule has 1 saturated heterocycles. The predicted octanol–water partition coefficient (Wildman–Crippen LogP) is 3.15. The van der Waals surface area contributed by atoms with Crippen molar-refractivity contribution in [1.29, 1.82) is 0 Å². The first-order valence-electron chi connectivity index (χ1n) is 9.14. The molecule has 1 aliphatic heterocycles. The summed E-state index contributed by atoms with van der Waals surface area (Å²) in [5.41, 5.74) is 3.21. The average Bonchev–Trinajstić information content (AvgIpc) is 3.06. The Morgan fingerprint density at radius 3 is 2.58 bits per heavy atom. The van der Waals surface area contributed by atoms with Gasteiger partial charge in [-0.1, -0.05) is 6.92 Å². The fourth-order valence-electron chi connectivity index (χ4n) is 3.33. The molecule has 0 unspecified atom stereocenters. The minimum Gasteiger partial charge on any atom is -0.369 e. The molecule has 0 saturated carbocycles. The number of benzene rings is 1. The van der Waals surface area contributed by atoms with Crippen molar-refractivity contribution in [3.05, 3.63) is 49.6 Å². The minimum atomic E-state index is 0.619. The van der Waals surface area contributed by atoms with Crippen molar-refractivity contribution in [1.82, 2.24) is 19.4 Å². The Kier molecular flexibility index (Phi) is 4.75. The molecule has 3 aromatic rings. The van der Waals surface area contributed by atoms with Crippen LogP contribution < -0.4 is 10.2 Å². The largest absolute Gasteiger partial charge is 0.369 e. The van der Waals surface area contributed by atoms with Gasteiger partial charge >= 0.3 is 0 Å². The highest BCUT2D eigenvalue weighted by Gasteiger charge is 2.14. The first-order chi connectivity index (χ1) is 12.7. The topological polar surface area (TPSA) is 49.2 Å². The van der Waals surface area contributed by atoms with Gasteiger partial charge in [-0.05, 0) is 43.8 Å². The van der Waals surface area contributed by atoms with Gasteiger partial charge in [-0.3, -0.25) is 0 Å². The van der Waals surface area contributed by atoms with Crippen molar-refractivity contribution >= 4 is 28.4 Å². The molecular formula is C20H25N6. The summed E-state index contributed by atoms with van der Waals surface area (Å²) in [6.07, 6.45) is 4.74. The second kappa shape index (κ2) is 7.33. The van der Waals surface area contributed by atoms with Crippen LogP contribution in [-0.2, 0) is 6.54 Å². The third-order valence-corrected chi connectivity index (χ3v) is 4.89. The first kappa shape index (κ1) is 16.8. The van der Waals surface area contributed by atoms with Gasteiger partial charge in [0.05, 0.1) is 0 Å². The summed E-state index contributed by atoms with van der Waals surface area (Å²) in [4.78, 5) is 13.9. The number of hydrogen-bond acceptors (Lipinski definition) is 5. The zero-order chi connectivity index (χ0) is 17.9. The quantitative estimate of drug-likeness (QED) is 0.767. The Bertz CT molecular complexity index is 862. The van der Waals surface area contributed by atoms with Crippen LogP contribution in [0.1, 0.15) is 6.42 Å². The van der Waals surface area contributed by atoms with Crippen molar-refractivity contribution in [2.24, 2.45) is 0 Å². The van der Waals surface area contributed by atoms with E-state index in [0.29, 0.717) is 5.95 Å². The summed E-state index contributed by atoms with van der Waals surface area (Å²) in [6, 6.07) is 10.6. The Morgan fingerprint density at radius 2 is 1.85 bits per heavy atom. The van der Waals surface area contributed by atoms with Crippen LogP contribution >= 0.6 is 0 Å². The summed E-state index contributed by atoms with van der Waals surface area (Å²) >= 11 is 0. The molecule has 1 N–H and O–H groups in total. The molecule has 0 aliphatic carbocycles. The summed E-state index contributed by atoms with van der Waals surface area (Å²) in [5.74, 6) is 0.619. The Morgan fingerprint density at radius 1 is 1.08 bits per heavy atom. The first-order valence-corrected chi connectivity index (χ1v) is 9.14. The number of aryl methyl sites for hydroxylation is 1. The van der Waals surface area contributed by atoms with Crippen molar-refractivity contribution in [3.63, 3.8) is 0 Å². The van der Waals surface area contributed by atoms with Crippen LogP contribution in [0.3, 0.4) is 0 Å². The number of piperazine rings is 1. The number of fused-ring (bicyclic) bond motifs is 1.